The summed E-state index contributed by atoms with van der Waals surface area (Å²) in [5, 5.41) is 10.6. The minimum atomic E-state index is -0.897. The van der Waals surface area contributed by atoms with Crippen LogP contribution in [0.5, 0.6) is 0 Å². The summed E-state index contributed by atoms with van der Waals surface area (Å²) >= 11 is 1.34. The van der Waals surface area contributed by atoms with Gasteiger partial charge in [-0.1, -0.05) is 19.9 Å². The molecule has 6 heteroatoms. The highest BCUT2D eigenvalue weighted by Crippen LogP contribution is 2.42. The Kier molecular flexibility index (Phi) is 5.23. The van der Waals surface area contributed by atoms with E-state index in [-0.39, 0.29) is 0 Å². The van der Waals surface area contributed by atoms with Crippen LogP contribution in [0.3, 0.4) is 0 Å². The number of carboxylic acids is 1. The number of pyridine rings is 2. The number of aromatic nitrogens is 2. The van der Waals surface area contributed by atoms with Crippen molar-refractivity contribution in [3.8, 4) is 11.1 Å². The Labute approximate surface area is 155 Å². The van der Waals surface area contributed by atoms with Crippen molar-refractivity contribution < 1.29 is 14.3 Å². The summed E-state index contributed by atoms with van der Waals surface area (Å²) in [5.41, 5.74) is 1.91. The van der Waals surface area contributed by atoms with Crippen LogP contribution < -0.4 is 0 Å². The number of hydrogen-bond donors (Lipinski definition) is 1. The van der Waals surface area contributed by atoms with Gasteiger partial charge in [0.15, 0.2) is 0 Å². The molecule has 0 unspecified atom stereocenters. The maximum atomic E-state index is 14.1. The molecule has 0 aliphatic heterocycles. The second-order valence-corrected chi connectivity index (χ2v) is 7.43. The number of benzene rings is 1. The summed E-state index contributed by atoms with van der Waals surface area (Å²) in [5.74, 6) is -1.22. The van der Waals surface area contributed by atoms with Crippen molar-refractivity contribution in [2.24, 2.45) is 0 Å². The molecule has 0 aliphatic rings. The summed E-state index contributed by atoms with van der Waals surface area (Å²) in [6.45, 7) is 3.76. The summed E-state index contributed by atoms with van der Waals surface area (Å²) in [7, 11) is 0. The Morgan fingerprint density at radius 2 is 1.96 bits per heavy atom. The van der Waals surface area contributed by atoms with E-state index in [4.69, 9.17) is 0 Å². The molecule has 0 saturated heterocycles. The maximum Gasteiger partial charge on any atom is 0.320 e. The van der Waals surface area contributed by atoms with E-state index in [0.29, 0.717) is 24.0 Å². The first-order valence-electron chi connectivity index (χ1n) is 8.42. The van der Waals surface area contributed by atoms with Gasteiger partial charge in [0.25, 0.3) is 0 Å². The minimum Gasteiger partial charge on any atom is -0.480 e. The summed E-state index contributed by atoms with van der Waals surface area (Å²) < 4.78 is 13.2. The first-order chi connectivity index (χ1) is 12.5. The Hall–Kier alpha value is -2.47. The lowest BCUT2D eigenvalue weighted by Gasteiger charge is -2.26. The van der Waals surface area contributed by atoms with Crippen molar-refractivity contribution in [1.82, 2.24) is 9.97 Å². The zero-order chi connectivity index (χ0) is 18.7. The largest absolute Gasteiger partial charge is 0.480 e. The predicted octanol–water partition coefficient (Wildman–Crippen LogP) is 5.17. The average molecular weight is 370 g/mol. The fourth-order valence-electron chi connectivity index (χ4n) is 2.94. The molecule has 0 atom stereocenters. The lowest BCUT2D eigenvalue weighted by atomic mass is 10.0. The predicted molar refractivity (Wildman–Crippen MR) is 102 cm³/mol. The van der Waals surface area contributed by atoms with E-state index in [0.717, 1.165) is 15.8 Å². The highest BCUT2D eigenvalue weighted by Gasteiger charge is 2.36. The topological polar surface area (TPSA) is 63.1 Å². The lowest BCUT2D eigenvalue weighted by molar-refractivity contribution is -0.140. The van der Waals surface area contributed by atoms with Gasteiger partial charge in [0.1, 0.15) is 10.6 Å². The van der Waals surface area contributed by atoms with Crippen LogP contribution in [-0.4, -0.2) is 25.8 Å². The smallest absolute Gasteiger partial charge is 0.320 e. The van der Waals surface area contributed by atoms with Crippen LogP contribution in [0, 0.1) is 5.82 Å². The van der Waals surface area contributed by atoms with E-state index in [1.165, 1.54) is 18.0 Å². The molecule has 0 saturated carbocycles. The van der Waals surface area contributed by atoms with Gasteiger partial charge in [0.2, 0.25) is 0 Å². The van der Waals surface area contributed by atoms with Crippen molar-refractivity contribution in [3.63, 3.8) is 0 Å². The number of nitrogens with zero attached hydrogens (tertiary/aromatic N) is 2. The molecular formula is C20H19FN2O2S. The highest BCUT2D eigenvalue weighted by molar-refractivity contribution is 8.01. The Bertz CT molecular complexity index is 957. The third-order valence-corrected chi connectivity index (χ3v) is 6.34. The molecule has 2 aromatic heterocycles. The number of carbonyl (C=O) groups is 1. The highest BCUT2D eigenvalue weighted by atomic mass is 32.2. The van der Waals surface area contributed by atoms with Crippen LogP contribution in [0.2, 0.25) is 0 Å². The van der Waals surface area contributed by atoms with Crippen molar-refractivity contribution in [3.05, 3.63) is 54.7 Å². The van der Waals surface area contributed by atoms with Gasteiger partial charge in [-0.05, 0) is 42.7 Å². The van der Waals surface area contributed by atoms with Crippen molar-refractivity contribution in [1.29, 1.82) is 0 Å². The van der Waals surface area contributed by atoms with Crippen LogP contribution in [-0.2, 0) is 4.79 Å². The fourth-order valence-corrected chi connectivity index (χ4v) is 4.14. The molecule has 0 radical (unpaired) electrons. The molecule has 0 spiro atoms. The van der Waals surface area contributed by atoms with E-state index in [1.807, 2.05) is 38.1 Å². The normalized spacial score (nSPS) is 11.7. The van der Waals surface area contributed by atoms with Gasteiger partial charge in [0.05, 0.1) is 11.7 Å². The molecule has 3 aromatic rings. The number of halogens is 1. The van der Waals surface area contributed by atoms with Crippen molar-refractivity contribution in [2.45, 2.75) is 36.3 Å². The van der Waals surface area contributed by atoms with Gasteiger partial charge >= 0.3 is 5.97 Å². The van der Waals surface area contributed by atoms with Crippen molar-refractivity contribution >= 4 is 28.6 Å². The van der Waals surface area contributed by atoms with E-state index in [1.54, 1.807) is 18.5 Å². The Morgan fingerprint density at radius 3 is 2.62 bits per heavy atom. The molecule has 4 nitrogen and oxygen atoms in total. The van der Waals surface area contributed by atoms with E-state index < -0.39 is 16.5 Å². The summed E-state index contributed by atoms with van der Waals surface area (Å²) in [6.07, 6.45) is 5.42. The van der Waals surface area contributed by atoms with E-state index in [9.17, 15) is 14.3 Å². The van der Waals surface area contributed by atoms with Crippen molar-refractivity contribution in [2.75, 3.05) is 0 Å². The number of hydrogen-bond acceptors (Lipinski definition) is 4. The molecule has 0 fully saturated rings. The van der Waals surface area contributed by atoms with Gasteiger partial charge in [-0.2, -0.15) is 0 Å². The monoisotopic (exact) mass is 370 g/mol. The number of fused-ring (bicyclic) bond motifs is 1. The van der Waals surface area contributed by atoms with Crippen LogP contribution in [0.25, 0.3) is 22.0 Å². The summed E-state index contributed by atoms with van der Waals surface area (Å²) in [6, 6.07) is 8.95. The minimum absolute atomic E-state index is 0.396. The van der Waals surface area contributed by atoms with Crippen LogP contribution in [0.1, 0.15) is 26.7 Å². The van der Waals surface area contributed by atoms with Crippen LogP contribution >= 0.6 is 11.8 Å². The zero-order valence-corrected chi connectivity index (χ0v) is 15.4. The zero-order valence-electron chi connectivity index (χ0n) is 14.6. The standard InChI is InChI=1S/C20H19FN2O2S/c1-3-20(4-2,19(24)25)26-18-8-10-23-17-6-5-13(11-15(17)18)14-7-9-22-12-16(14)21/h5-12H,3-4H2,1-2H3,(H,24,25). The van der Waals surface area contributed by atoms with Crippen LogP contribution in [0.4, 0.5) is 4.39 Å². The van der Waals surface area contributed by atoms with Crippen LogP contribution in [0.15, 0.2) is 53.8 Å². The second kappa shape index (κ2) is 7.41. The Morgan fingerprint density at radius 1 is 1.19 bits per heavy atom. The first-order valence-corrected chi connectivity index (χ1v) is 9.23. The Balaban J connectivity index is 2.14. The number of aliphatic carboxylic acids is 1. The number of rotatable bonds is 6. The van der Waals surface area contributed by atoms with Gasteiger partial charge in [-0.25, -0.2) is 4.39 Å². The second-order valence-electron chi connectivity index (χ2n) is 6.01. The third kappa shape index (κ3) is 3.29. The molecule has 1 N–H and O–H groups in total. The quantitative estimate of drug-likeness (QED) is 0.606. The average Bonchev–Trinajstić information content (AvgIpc) is 2.66. The molecular weight excluding hydrogens is 351 g/mol. The molecule has 26 heavy (non-hydrogen) atoms. The third-order valence-electron chi connectivity index (χ3n) is 4.62. The molecule has 0 amide bonds. The molecule has 0 aliphatic carbocycles. The van der Waals surface area contributed by atoms with Gasteiger partial charge in [-0.15, -0.1) is 11.8 Å². The SMILES string of the molecule is CCC(CC)(Sc1ccnc2ccc(-c3ccncc3F)cc12)C(=O)O. The number of thioether (sulfide) groups is 1. The van der Waals surface area contributed by atoms with E-state index >= 15 is 0 Å². The van der Waals surface area contributed by atoms with Gasteiger partial charge in [-0.3, -0.25) is 14.8 Å². The van der Waals surface area contributed by atoms with Gasteiger partial charge < -0.3 is 5.11 Å². The number of carboxylic acid groups (broad SMARTS) is 1. The molecule has 0 bridgehead atoms. The molecule has 1 aromatic carbocycles. The molecule has 134 valence electrons. The maximum absolute atomic E-state index is 14.1. The fraction of sp³-hybridized carbons (Fsp3) is 0.250. The van der Waals surface area contributed by atoms with Gasteiger partial charge in [0, 0.05) is 28.2 Å². The molecule has 2 heterocycles. The van der Waals surface area contributed by atoms with E-state index in [2.05, 4.69) is 9.97 Å². The lowest BCUT2D eigenvalue weighted by Crippen LogP contribution is -2.33. The first kappa shape index (κ1) is 18.3. The molecule has 3 rings (SSSR count). The summed E-state index contributed by atoms with van der Waals surface area (Å²) in [4.78, 5) is 20.8.